The van der Waals surface area contributed by atoms with Crippen LogP contribution in [0.5, 0.6) is 0 Å². The Bertz CT molecular complexity index is 504. The highest BCUT2D eigenvalue weighted by molar-refractivity contribution is 5.83. The Hall–Kier alpha value is -1.34. The van der Waals surface area contributed by atoms with Gasteiger partial charge in [-0.1, -0.05) is 56.7 Å². The summed E-state index contributed by atoms with van der Waals surface area (Å²) in [5.41, 5.74) is 1.37. The average molecular weight is 241 g/mol. The van der Waals surface area contributed by atoms with Crippen LogP contribution in [0.25, 0.3) is 10.8 Å². The summed E-state index contributed by atoms with van der Waals surface area (Å²) in [5.74, 6) is 0.743. The lowest BCUT2D eigenvalue weighted by Crippen LogP contribution is -2.24. The number of rotatable bonds is 5. The molecule has 96 valence electrons. The lowest BCUT2D eigenvalue weighted by atomic mass is 10.0. The van der Waals surface area contributed by atoms with Crippen LogP contribution in [0, 0.1) is 5.92 Å². The third-order valence-corrected chi connectivity index (χ3v) is 3.74. The first-order valence-corrected chi connectivity index (χ1v) is 6.92. The van der Waals surface area contributed by atoms with Crippen LogP contribution >= 0.6 is 0 Å². The van der Waals surface area contributed by atoms with Gasteiger partial charge in [0.05, 0.1) is 0 Å². The first-order chi connectivity index (χ1) is 8.70. The van der Waals surface area contributed by atoms with Crippen molar-refractivity contribution in [3.8, 4) is 0 Å². The van der Waals surface area contributed by atoms with Crippen molar-refractivity contribution in [2.24, 2.45) is 5.92 Å². The normalized spacial score (nSPS) is 14.6. The monoisotopic (exact) mass is 241 g/mol. The molecule has 0 aliphatic rings. The molecule has 0 amide bonds. The van der Waals surface area contributed by atoms with Crippen LogP contribution < -0.4 is 5.32 Å². The molecule has 0 spiro atoms. The minimum Gasteiger partial charge on any atom is -0.310 e. The van der Waals surface area contributed by atoms with E-state index in [9.17, 15) is 0 Å². The van der Waals surface area contributed by atoms with Gasteiger partial charge < -0.3 is 5.32 Å². The van der Waals surface area contributed by atoms with Gasteiger partial charge in [0.15, 0.2) is 0 Å². The van der Waals surface area contributed by atoms with E-state index in [1.165, 1.54) is 22.8 Å². The Balaban J connectivity index is 2.10. The second-order valence-corrected chi connectivity index (χ2v) is 5.25. The van der Waals surface area contributed by atoms with Crippen molar-refractivity contribution in [1.82, 2.24) is 5.32 Å². The molecular formula is C17H23N. The fourth-order valence-electron chi connectivity index (χ4n) is 2.12. The average Bonchev–Trinajstić information content (AvgIpc) is 2.43. The number of fused-ring (bicyclic) bond motifs is 1. The molecule has 0 aliphatic carbocycles. The van der Waals surface area contributed by atoms with Crippen LogP contribution in [-0.2, 0) is 0 Å². The van der Waals surface area contributed by atoms with Crippen LogP contribution in [0.2, 0.25) is 0 Å². The second kappa shape index (κ2) is 6.01. The molecule has 1 heteroatoms. The third-order valence-electron chi connectivity index (χ3n) is 3.74. The van der Waals surface area contributed by atoms with Crippen LogP contribution in [0.1, 0.15) is 38.8 Å². The van der Waals surface area contributed by atoms with Crippen molar-refractivity contribution >= 4 is 10.8 Å². The summed E-state index contributed by atoms with van der Waals surface area (Å²) in [6.07, 6.45) is 1.23. The summed E-state index contributed by atoms with van der Waals surface area (Å²) in [4.78, 5) is 0. The van der Waals surface area contributed by atoms with E-state index in [2.05, 4.69) is 68.6 Å². The van der Waals surface area contributed by atoms with E-state index in [4.69, 9.17) is 0 Å². The minimum absolute atomic E-state index is 0.420. The summed E-state index contributed by atoms with van der Waals surface area (Å²) in [7, 11) is 0. The summed E-state index contributed by atoms with van der Waals surface area (Å²) in [5, 5.41) is 6.26. The topological polar surface area (TPSA) is 12.0 Å². The summed E-state index contributed by atoms with van der Waals surface area (Å²) >= 11 is 0. The van der Waals surface area contributed by atoms with Gasteiger partial charge in [0.25, 0.3) is 0 Å². The summed E-state index contributed by atoms with van der Waals surface area (Å²) in [6, 6.07) is 15.7. The number of hydrogen-bond donors (Lipinski definition) is 1. The van der Waals surface area contributed by atoms with E-state index in [0.717, 1.165) is 12.5 Å². The number of benzene rings is 2. The van der Waals surface area contributed by atoms with Gasteiger partial charge in [0, 0.05) is 6.04 Å². The molecule has 0 radical (unpaired) electrons. The number of nitrogens with one attached hydrogen (secondary N) is 1. The summed E-state index contributed by atoms with van der Waals surface area (Å²) in [6.45, 7) is 7.87. The summed E-state index contributed by atoms with van der Waals surface area (Å²) < 4.78 is 0. The van der Waals surface area contributed by atoms with E-state index < -0.39 is 0 Å². The van der Waals surface area contributed by atoms with Gasteiger partial charge in [-0.05, 0) is 41.8 Å². The van der Waals surface area contributed by atoms with Crippen molar-refractivity contribution in [2.45, 2.75) is 33.2 Å². The lowest BCUT2D eigenvalue weighted by molar-refractivity contribution is 0.461. The third kappa shape index (κ3) is 3.11. The zero-order valence-electron chi connectivity index (χ0n) is 11.6. The van der Waals surface area contributed by atoms with Crippen LogP contribution in [0.15, 0.2) is 42.5 Å². The van der Waals surface area contributed by atoms with E-state index in [1.807, 2.05) is 0 Å². The van der Waals surface area contributed by atoms with Gasteiger partial charge in [0.2, 0.25) is 0 Å². The Labute approximate surface area is 110 Å². The van der Waals surface area contributed by atoms with Gasteiger partial charge in [-0.2, -0.15) is 0 Å². The van der Waals surface area contributed by atoms with E-state index in [0.29, 0.717) is 6.04 Å². The quantitative estimate of drug-likeness (QED) is 0.810. The highest BCUT2D eigenvalue weighted by Gasteiger charge is 2.07. The molecule has 0 heterocycles. The molecule has 18 heavy (non-hydrogen) atoms. The highest BCUT2D eigenvalue weighted by Crippen LogP contribution is 2.20. The molecule has 2 unspecified atom stereocenters. The predicted octanol–water partition coefficient (Wildman–Crippen LogP) is 4.54. The fourth-order valence-corrected chi connectivity index (χ4v) is 2.12. The molecule has 1 N–H and O–H groups in total. The molecule has 0 aliphatic heterocycles. The minimum atomic E-state index is 0.420. The zero-order valence-corrected chi connectivity index (χ0v) is 11.6. The highest BCUT2D eigenvalue weighted by atomic mass is 14.9. The number of hydrogen-bond acceptors (Lipinski definition) is 1. The van der Waals surface area contributed by atoms with Gasteiger partial charge in [-0.25, -0.2) is 0 Å². The Kier molecular flexibility index (Phi) is 4.38. The van der Waals surface area contributed by atoms with Crippen LogP contribution in [0.4, 0.5) is 0 Å². The first-order valence-electron chi connectivity index (χ1n) is 6.92. The first kappa shape index (κ1) is 13.1. The molecule has 2 atom stereocenters. The SMILES string of the molecule is CCC(C)CNC(C)c1ccc2ccccc2c1. The molecule has 0 saturated carbocycles. The Morgan fingerprint density at radius 1 is 1.00 bits per heavy atom. The smallest absolute Gasteiger partial charge is 0.0292 e. The molecule has 0 fully saturated rings. The molecule has 2 aromatic rings. The van der Waals surface area contributed by atoms with Gasteiger partial charge in [0.1, 0.15) is 0 Å². The van der Waals surface area contributed by atoms with Gasteiger partial charge in [-0.15, -0.1) is 0 Å². The maximum atomic E-state index is 3.61. The Morgan fingerprint density at radius 3 is 2.44 bits per heavy atom. The largest absolute Gasteiger partial charge is 0.310 e. The lowest BCUT2D eigenvalue weighted by Gasteiger charge is -2.17. The second-order valence-electron chi connectivity index (χ2n) is 5.25. The van der Waals surface area contributed by atoms with E-state index in [-0.39, 0.29) is 0 Å². The zero-order chi connectivity index (χ0) is 13.0. The van der Waals surface area contributed by atoms with Crippen molar-refractivity contribution < 1.29 is 0 Å². The maximum Gasteiger partial charge on any atom is 0.0292 e. The molecule has 1 nitrogen and oxygen atoms in total. The van der Waals surface area contributed by atoms with E-state index >= 15 is 0 Å². The molecule has 2 aromatic carbocycles. The van der Waals surface area contributed by atoms with Gasteiger partial charge >= 0.3 is 0 Å². The Morgan fingerprint density at radius 2 is 1.72 bits per heavy atom. The van der Waals surface area contributed by atoms with Crippen LogP contribution in [0.3, 0.4) is 0 Å². The van der Waals surface area contributed by atoms with Crippen molar-refractivity contribution in [3.05, 3.63) is 48.0 Å². The fraction of sp³-hybridized carbons (Fsp3) is 0.412. The molecule has 0 bridgehead atoms. The van der Waals surface area contributed by atoms with Crippen molar-refractivity contribution in [1.29, 1.82) is 0 Å². The van der Waals surface area contributed by atoms with Crippen molar-refractivity contribution in [2.75, 3.05) is 6.54 Å². The van der Waals surface area contributed by atoms with Crippen LogP contribution in [-0.4, -0.2) is 6.54 Å². The predicted molar refractivity (Wildman–Crippen MR) is 79.8 cm³/mol. The van der Waals surface area contributed by atoms with E-state index in [1.54, 1.807) is 0 Å². The molecular weight excluding hydrogens is 218 g/mol. The molecule has 0 aromatic heterocycles. The maximum absolute atomic E-state index is 3.61. The molecule has 2 rings (SSSR count). The standard InChI is InChI=1S/C17H23N/c1-4-13(2)12-18-14(3)16-10-9-15-7-5-6-8-17(15)11-16/h5-11,13-14,18H,4,12H2,1-3H3. The molecule has 0 saturated heterocycles. The van der Waals surface area contributed by atoms with Gasteiger partial charge in [-0.3, -0.25) is 0 Å². The van der Waals surface area contributed by atoms with Crippen molar-refractivity contribution in [3.63, 3.8) is 0 Å².